The van der Waals surface area contributed by atoms with Gasteiger partial charge in [-0.2, -0.15) is 10.2 Å². The van der Waals surface area contributed by atoms with E-state index in [4.69, 9.17) is 0 Å². The van der Waals surface area contributed by atoms with Crippen LogP contribution in [0.2, 0.25) is 0 Å². The number of aliphatic hydroxyl groups excluding tert-OH is 1. The van der Waals surface area contributed by atoms with Gasteiger partial charge in [0.1, 0.15) is 0 Å². The average Bonchev–Trinajstić information content (AvgIpc) is 2.46. The molecule has 1 heterocycles. The van der Waals surface area contributed by atoms with Gasteiger partial charge in [-0.05, 0) is 11.6 Å². The standard InChI is InChI=1S/C13H13N3O2/c17-9-12(10-4-2-1-3-5-10)16-13(18)11-6-7-14-15-8-11/h1-8,12,17H,9H2,(H,16,18)/t12-/m1/s1. The third-order valence-electron chi connectivity index (χ3n) is 2.54. The van der Waals surface area contributed by atoms with E-state index >= 15 is 0 Å². The summed E-state index contributed by atoms with van der Waals surface area (Å²) in [6, 6.07) is 10.5. The molecule has 0 saturated carbocycles. The first-order valence-electron chi connectivity index (χ1n) is 5.54. The van der Waals surface area contributed by atoms with Crippen molar-refractivity contribution in [1.29, 1.82) is 0 Å². The molecule has 5 heteroatoms. The summed E-state index contributed by atoms with van der Waals surface area (Å²) in [5.41, 5.74) is 1.27. The van der Waals surface area contributed by atoms with Crippen LogP contribution in [0.15, 0.2) is 48.8 Å². The van der Waals surface area contributed by atoms with E-state index in [1.165, 1.54) is 12.4 Å². The number of benzene rings is 1. The summed E-state index contributed by atoms with van der Waals surface area (Å²) in [5.74, 6) is -0.284. The summed E-state index contributed by atoms with van der Waals surface area (Å²) in [4.78, 5) is 11.9. The molecular formula is C13H13N3O2. The highest BCUT2D eigenvalue weighted by Gasteiger charge is 2.14. The topological polar surface area (TPSA) is 75.1 Å². The predicted octanol–water partition coefficient (Wildman–Crippen LogP) is 0.940. The van der Waals surface area contributed by atoms with Gasteiger partial charge < -0.3 is 10.4 Å². The number of hydrogen-bond donors (Lipinski definition) is 2. The second-order valence-electron chi connectivity index (χ2n) is 3.75. The van der Waals surface area contributed by atoms with Crippen molar-refractivity contribution < 1.29 is 9.90 Å². The van der Waals surface area contributed by atoms with Gasteiger partial charge in [0.15, 0.2) is 0 Å². The third-order valence-corrected chi connectivity index (χ3v) is 2.54. The molecule has 5 nitrogen and oxygen atoms in total. The molecule has 0 aliphatic heterocycles. The third kappa shape index (κ3) is 2.89. The van der Waals surface area contributed by atoms with E-state index in [0.717, 1.165) is 5.56 Å². The second-order valence-corrected chi connectivity index (χ2v) is 3.75. The largest absolute Gasteiger partial charge is 0.394 e. The van der Waals surface area contributed by atoms with Crippen LogP contribution in [0.1, 0.15) is 22.0 Å². The fourth-order valence-corrected chi connectivity index (χ4v) is 1.59. The Morgan fingerprint density at radius 1 is 1.22 bits per heavy atom. The maximum atomic E-state index is 11.9. The molecule has 1 aromatic heterocycles. The van der Waals surface area contributed by atoms with Gasteiger partial charge in [-0.15, -0.1) is 0 Å². The Hall–Kier alpha value is -2.27. The second kappa shape index (κ2) is 5.88. The highest BCUT2D eigenvalue weighted by atomic mass is 16.3. The van der Waals surface area contributed by atoms with Crippen molar-refractivity contribution >= 4 is 5.91 Å². The molecule has 0 bridgehead atoms. The van der Waals surface area contributed by atoms with Gasteiger partial charge in [0.25, 0.3) is 5.91 Å². The van der Waals surface area contributed by atoms with Gasteiger partial charge in [0.05, 0.1) is 30.6 Å². The summed E-state index contributed by atoms with van der Waals surface area (Å²) in [7, 11) is 0. The Morgan fingerprint density at radius 3 is 2.61 bits per heavy atom. The molecule has 0 unspecified atom stereocenters. The lowest BCUT2D eigenvalue weighted by Gasteiger charge is -2.16. The van der Waals surface area contributed by atoms with Crippen molar-refractivity contribution in [2.75, 3.05) is 6.61 Å². The zero-order valence-electron chi connectivity index (χ0n) is 9.65. The van der Waals surface area contributed by atoms with Gasteiger partial charge >= 0.3 is 0 Å². The van der Waals surface area contributed by atoms with Crippen molar-refractivity contribution in [3.63, 3.8) is 0 Å². The monoisotopic (exact) mass is 243 g/mol. The van der Waals surface area contributed by atoms with Gasteiger partial charge in [-0.25, -0.2) is 0 Å². The van der Waals surface area contributed by atoms with E-state index in [1.807, 2.05) is 30.3 Å². The minimum Gasteiger partial charge on any atom is -0.394 e. The van der Waals surface area contributed by atoms with Gasteiger partial charge in [-0.1, -0.05) is 30.3 Å². The van der Waals surface area contributed by atoms with E-state index in [-0.39, 0.29) is 12.5 Å². The van der Waals surface area contributed by atoms with Crippen LogP contribution in [-0.2, 0) is 0 Å². The Bertz CT molecular complexity index is 502. The first-order valence-corrected chi connectivity index (χ1v) is 5.54. The summed E-state index contributed by atoms with van der Waals surface area (Å²) < 4.78 is 0. The van der Waals surface area contributed by atoms with Crippen LogP contribution in [0.4, 0.5) is 0 Å². The molecule has 0 aliphatic rings. The molecule has 0 spiro atoms. The normalized spacial score (nSPS) is 11.8. The first-order chi connectivity index (χ1) is 8.81. The fourth-order valence-electron chi connectivity index (χ4n) is 1.59. The molecule has 2 N–H and O–H groups in total. The molecule has 1 aromatic carbocycles. The first kappa shape index (κ1) is 12.2. The maximum Gasteiger partial charge on any atom is 0.253 e. The number of hydrogen-bond acceptors (Lipinski definition) is 4. The minimum absolute atomic E-state index is 0.158. The lowest BCUT2D eigenvalue weighted by Crippen LogP contribution is -2.30. The van der Waals surface area contributed by atoms with Crippen molar-refractivity contribution in [3.8, 4) is 0 Å². The van der Waals surface area contributed by atoms with E-state index in [1.54, 1.807) is 6.07 Å². The van der Waals surface area contributed by atoms with Gasteiger partial charge in [0, 0.05) is 0 Å². The SMILES string of the molecule is O=C(N[C@H](CO)c1ccccc1)c1ccnnc1. The van der Waals surface area contributed by atoms with Crippen molar-refractivity contribution in [2.45, 2.75) is 6.04 Å². The molecule has 0 fully saturated rings. The summed E-state index contributed by atoms with van der Waals surface area (Å²) in [6.07, 6.45) is 2.83. The number of aromatic nitrogens is 2. The van der Waals surface area contributed by atoms with Gasteiger partial charge in [-0.3, -0.25) is 4.79 Å². The lowest BCUT2D eigenvalue weighted by molar-refractivity contribution is 0.0915. The van der Waals surface area contributed by atoms with Crippen LogP contribution in [0.25, 0.3) is 0 Å². The molecule has 1 atom stereocenters. The maximum absolute atomic E-state index is 11.9. The molecule has 0 aliphatic carbocycles. The molecule has 2 rings (SSSR count). The van der Waals surface area contributed by atoms with Crippen LogP contribution in [0, 0.1) is 0 Å². The van der Waals surface area contributed by atoms with Gasteiger partial charge in [0.2, 0.25) is 0 Å². The zero-order valence-corrected chi connectivity index (χ0v) is 9.65. The molecule has 0 radical (unpaired) electrons. The number of carbonyl (C=O) groups excluding carboxylic acids is 1. The number of aliphatic hydroxyl groups is 1. The Morgan fingerprint density at radius 2 is 2.00 bits per heavy atom. The number of nitrogens with zero attached hydrogens (tertiary/aromatic N) is 2. The summed E-state index contributed by atoms with van der Waals surface area (Å²) in [6.45, 7) is -0.158. The predicted molar refractivity (Wildman–Crippen MR) is 65.8 cm³/mol. The van der Waals surface area contributed by atoms with E-state index in [9.17, 15) is 9.90 Å². The molecule has 92 valence electrons. The summed E-state index contributed by atoms with van der Waals surface area (Å²) in [5, 5.41) is 19.3. The molecule has 1 amide bonds. The Balaban J connectivity index is 2.10. The lowest BCUT2D eigenvalue weighted by atomic mass is 10.1. The van der Waals surface area contributed by atoms with Crippen molar-refractivity contribution in [3.05, 3.63) is 59.9 Å². The van der Waals surface area contributed by atoms with Crippen molar-refractivity contribution in [1.82, 2.24) is 15.5 Å². The minimum atomic E-state index is -0.424. The summed E-state index contributed by atoms with van der Waals surface area (Å²) >= 11 is 0. The fraction of sp³-hybridized carbons (Fsp3) is 0.154. The molecular weight excluding hydrogens is 230 g/mol. The molecule has 0 saturated heterocycles. The highest BCUT2D eigenvalue weighted by Crippen LogP contribution is 2.12. The highest BCUT2D eigenvalue weighted by molar-refractivity contribution is 5.94. The Kier molecular flexibility index (Phi) is 3.98. The number of nitrogens with one attached hydrogen (secondary N) is 1. The van der Waals surface area contributed by atoms with Crippen LogP contribution in [0.5, 0.6) is 0 Å². The quantitative estimate of drug-likeness (QED) is 0.838. The average molecular weight is 243 g/mol. The zero-order chi connectivity index (χ0) is 12.8. The number of amides is 1. The smallest absolute Gasteiger partial charge is 0.253 e. The molecule has 2 aromatic rings. The van der Waals surface area contributed by atoms with E-state index in [2.05, 4.69) is 15.5 Å². The Labute approximate surface area is 104 Å². The van der Waals surface area contributed by atoms with E-state index < -0.39 is 6.04 Å². The van der Waals surface area contributed by atoms with Crippen LogP contribution in [-0.4, -0.2) is 27.8 Å². The van der Waals surface area contributed by atoms with Crippen LogP contribution < -0.4 is 5.32 Å². The molecule has 18 heavy (non-hydrogen) atoms. The van der Waals surface area contributed by atoms with E-state index in [0.29, 0.717) is 5.56 Å². The van der Waals surface area contributed by atoms with Crippen LogP contribution >= 0.6 is 0 Å². The number of carbonyl (C=O) groups is 1. The number of rotatable bonds is 4. The van der Waals surface area contributed by atoms with Crippen LogP contribution in [0.3, 0.4) is 0 Å². The van der Waals surface area contributed by atoms with Crippen molar-refractivity contribution in [2.24, 2.45) is 0 Å².